The van der Waals surface area contributed by atoms with Gasteiger partial charge in [-0.2, -0.15) is 0 Å². The summed E-state index contributed by atoms with van der Waals surface area (Å²) in [7, 11) is 1.54. The van der Waals surface area contributed by atoms with Crippen LogP contribution in [0.2, 0.25) is 0 Å². The van der Waals surface area contributed by atoms with E-state index in [0.29, 0.717) is 18.4 Å². The van der Waals surface area contributed by atoms with Crippen LogP contribution in [-0.4, -0.2) is 58.9 Å². The second kappa shape index (κ2) is 14.1. The Kier molecular flexibility index (Phi) is 11.8. The summed E-state index contributed by atoms with van der Waals surface area (Å²) in [6.07, 6.45) is 1.79. The van der Waals surface area contributed by atoms with E-state index in [1.807, 2.05) is 13.0 Å². The standard InChI is InChI=1S/C28H41F2NO6/c1-15-7-6-8-19(13-32)27(37-5)18(4)9-16(2)25(34)20(14-33)10-17(3)26(35)22-11-21(31-28(15)36)12-23(29)24(22)30/h7,9,11-12,16-17,19-20,25-27,32-35H,6,8,10,13-14H2,1-5H3,(H,31,36)/b15-7+,18-9+/t16-,17-,19+,20+,25+,26+,27-/m0/s1. The van der Waals surface area contributed by atoms with Crippen molar-refractivity contribution in [3.05, 3.63) is 52.6 Å². The Morgan fingerprint density at radius 3 is 2.32 bits per heavy atom. The van der Waals surface area contributed by atoms with E-state index in [-0.39, 0.29) is 36.8 Å². The summed E-state index contributed by atoms with van der Waals surface area (Å²) < 4.78 is 34.7. The van der Waals surface area contributed by atoms with Crippen molar-refractivity contribution in [3.8, 4) is 0 Å². The molecule has 0 saturated heterocycles. The molecule has 1 aromatic rings. The minimum atomic E-state index is -1.44. The van der Waals surface area contributed by atoms with Crippen LogP contribution in [0.1, 0.15) is 58.6 Å². The lowest BCUT2D eigenvalue weighted by molar-refractivity contribution is -0.112. The minimum absolute atomic E-state index is 0.00399. The van der Waals surface area contributed by atoms with Crippen molar-refractivity contribution in [2.24, 2.45) is 23.7 Å². The number of hydrogen-bond acceptors (Lipinski definition) is 6. The molecular weight excluding hydrogens is 484 g/mol. The number of aliphatic hydroxyl groups is 4. The Morgan fingerprint density at radius 1 is 1.08 bits per heavy atom. The van der Waals surface area contributed by atoms with Crippen LogP contribution in [0.15, 0.2) is 35.4 Å². The van der Waals surface area contributed by atoms with Crippen LogP contribution < -0.4 is 5.32 Å². The van der Waals surface area contributed by atoms with Crippen LogP contribution in [0, 0.1) is 35.3 Å². The first-order chi connectivity index (χ1) is 17.4. The number of carbonyl (C=O) groups is 1. The maximum Gasteiger partial charge on any atom is 0.250 e. The van der Waals surface area contributed by atoms with E-state index >= 15 is 0 Å². The Balaban J connectivity index is 2.53. The molecule has 7 nitrogen and oxygen atoms in total. The molecule has 2 rings (SSSR count). The zero-order valence-electron chi connectivity index (χ0n) is 22.2. The molecule has 5 N–H and O–H groups in total. The van der Waals surface area contributed by atoms with Crippen molar-refractivity contribution in [1.29, 1.82) is 0 Å². The number of rotatable bonds is 3. The Hall–Kier alpha value is -2.17. The number of anilines is 1. The molecular formula is C28H41F2NO6. The van der Waals surface area contributed by atoms with Crippen molar-refractivity contribution in [1.82, 2.24) is 0 Å². The summed E-state index contributed by atoms with van der Waals surface area (Å²) in [5.41, 5.74) is 0.850. The molecule has 1 aromatic carbocycles. The average Bonchev–Trinajstić information content (AvgIpc) is 2.86. The van der Waals surface area contributed by atoms with Crippen molar-refractivity contribution >= 4 is 11.6 Å². The number of fused-ring (bicyclic) bond motifs is 2. The predicted molar refractivity (Wildman–Crippen MR) is 138 cm³/mol. The molecule has 1 amide bonds. The lowest BCUT2D eigenvalue weighted by Crippen LogP contribution is -2.33. The number of carbonyl (C=O) groups excluding carboxylic acids is 1. The molecule has 0 radical (unpaired) electrons. The van der Waals surface area contributed by atoms with E-state index in [1.54, 1.807) is 34.0 Å². The molecule has 0 spiro atoms. The zero-order valence-corrected chi connectivity index (χ0v) is 22.2. The Bertz CT molecular complexity index is 982. The number of benzene rings is 1. The third-order valence-corrected chi connectivity index (χ3v) is 7.34. The molecule has 0 aromatic heterocycles. The molecule has 9 heteroatoms. The number of hydrogen-bond donors (Lipinski definition) is 5. The third-order valence-electron chi connectivity index (χ3n) is 7.34. The van der Waals surface area contributed by atoms with Crippen LogP contribution in [0.3, 0.4) is 0 Å². The van der Waals surface area contributed by atoms with Crippen LogP contribution in [0.4, 0.5) is 14.5 Å². The lowest BCUT2D eigenvalue weighted by atomic mass is 9.81. The van der Waals surface area contributed by atoms with Gasteiger partial charge in [0.2, 0.25) is 0 Å². The first-order valence-electron chi connectivity index (χ1n) is 12.7. The average molecular weight is 526 g/mol. The minimum Gasteiger partial charge on any atom is -0.396 e. The maximum absolute atomic E-state index is 14.7. The highest BCUT2D eigenvalue weighted by atomic mass is 19.2. The highest BCUT2D eigenvalue weighted by molar-refractivity contribution is 6.03. The van der Waals surface area contributed by atoms with Crippen LogP contribution >= 0.6 is 0 Å². The van der Waals surface area contributed by atoms with Crippen molar-refractivity contribution in [2.45, 2.75) is 65.3 Å². The normalized spacial score (nSPS) is 33.7. The number of allylic oxidation sites excluding steroid dienone is 1. The van der Waals surface area contributed by atoms with Crippen molar-refractivity contribution in [3.63, 3.8) is 0 Å². The summed E-state index contributed by atoms with van der Waals surface area (Å²) in [4.78, 5) is 12.7. The first kappa shape index (κ1) is 31.1. The first-order valence-corrected chi connectivity index (χ1v) is 12.7. The van der Waals surface area contributed by atoms with Gasteiger partial charge in [-0.05, 0) is 50.7 Å². The fraction of sp³-hybridized carbons (Fsp3) is 0.607. The van der Waals surface area contributed by atoms with E-state index < -0.39 is 53.6 Å². The highest BCUT2D eigenvalue weighted by Crippen LogP contribution is 2.34. The van der Waals surface area contributed by atoms with Crippen molar-refractivity contribution < 1.29 is 38.7 Å². The molecule has 208 valence electrons. The topological polar surface area (TPSA) is 119 Å². The highest BCUT2D eigenvalue weighted by Gasteiger charge is 2.31. The monoisotopic (exact) mass is 525 g/mol. The zero-order chi connectivity index (χ0) is 27.9. The molecule has 0 unspecified atom stereocenters. The quantitative estimate of drug-likeness (QED) is 0.382. The van der Waals surface area contributed by atoms with E-state index in [2.05, 4.69) is 5.32 Å². The maximum atomic E-state index is 14.7. The second-order valence-electron chi connectivity index (χ2n) is 10.2. The summed E-state index contributed by atoms with van der Waals surface area (Å²) >= 11 is 0. The second-order valence-corrected chi connectivity index (χ2v) is 10.2. The number of halogens is 2. The largest absolute Gasteiger partial charge is 0.396 e. The number of amides is 1. The lowest BCUT2D eigenvalue weighted by Gasteiger charge is -2.30. The van der Waals surface area contributed by atoms with Gasteiger partial charge < -0.3 is 30.5 Å². The van der Waals surface area contributed by atoms with Gasteiger partial charge in [0.1, 0.15) is 0 Å². The third kappa shape index (κ3) is 7.91. The van der Waals surface area contributed by atoms with Gasteiger partial charge in [0.15, 0.2) is 11.6 Å². The van der Waals surface area contributed by atoms with E-state index in [0.717, 1.165) is 11.6 Å². The molecule has 7 atom stereocenters. The van der Waals surface area contributed by atoms with Gasteiger partial charge in [0.05, 0.1) is 18.3 Å². The summed E-state index contributed by atoms with van der Waals surface area (Å²) in [6.45, 7) is 6.34. The smallest absolute Gasteiger partial charge is 0.250 e. The SMILES string of the molecule is CO[C@H]1/C(C)=C/[C@H](C)[C@@H](O)[C@@H](CO)C[C@H](C)[C@@H](O)c2cc(cc(F)c2F)NC(=O)/C(C)=C/CC[C@@H]1CO. The van der Waals surface area contributed by atoms with Gasteiger partial charge in [-0.3, -0.25) is 4.79 Å². The number of ether oxygens (including phenoxy) is 1. The molecule has 2 bridgehead atoms. The van der Waals surface area contributed by atoms with Crippen LogP contribution in [0.25, 0.3) is 0 Å². The van der Waals surface area contributed by atoms with Gasteiger partial charge in [0, 0.05) is 61.0 Å². The molecule has 37 heavy (non-hydrogen) atoms. The Labute approximate surface area is 217 Å². The Morgan fingerprint density at radius 2 is 1.73 bits per heavy atom. The number of nitrogens with one attached hydrogen (secondary N) is 1. The molecule has 0 fully saturated rings. The van der Waals surface area contributed by atoms with Crippen molar-refractivity contribution in [2.75, 3.05) is 25.6 Å². The summed E-state index contributed by atoms with van der Waals surface area (Å²) in [5, 5.41) is 44.4. The fourth-order valence-corrected chi connectivity index (χ4v) is 5.09. The molecule has 1 heterocycles. The van der Waals surface area contributed by atoms with E-state index in [9.17, 15) is 34.0 Å². The van der Waals surface area contributed by atoms with E-state index in [4.69, 9.17) is 4.74 Å². The van der Waals surface area contributed by atoms with Gasteiger partial charge >= 0.3 is 0 Å². The molecule has 0 saturated carbocycles. The fourth-order valence-electron chi connectivity index (χ4n) is 5.09. The predicted octanol–water partition coefficient (Wildman–Crippen LogP) is 3.88. The van der Waals surface area contributed by atoms with Gasteiger partial charge in [0.25, 0.3) is 5.91 Å². The van der Waals surface area contributed by atoms with E-state index in [1.165, 1.54) is 6.07 Å². The molecule has 0 aliphatic carbocycles. The molecule has 1 aliphatic heterocycles. The number of methoxy groups -OCH3 is 1. The van der Waals surface area contributed by atoms with Crippen LogP contribution in [0.5, 0.6) is 0 Å². The summed E-state index contributed by atoms with van der Waals surface area (Å²) in [6, 6.07) is 2.05. The number of aliphatic hydroxyl groups excluding tert-OH is 4. The van der Waals surface area contributed by atoms with Gasteiger partial charge in [-0.1, -0.05) is 26.0 Å². The van der Waals surface area contributed by atoms with Gasteiger partial charge in [-0.25, -0.2) is 8.78 Å². The summed E-state index contributed by atoms with van der Waals surface area (Å²) in [5.74, 6) is -4.91. The van der Waals surface area contributed by atoms with Gasteiger partial charge in [-0.15, -0.1) is 0 Å². The molecule has 1 aliphatic rings. The van der Waals surface area contributed by atoms with Crippen LogP contribution in [-0.2, 0) is 9.53 Å².